The van der Waals surface area contributed by atoms with Gasteiger partial charge in [0.2, 0.25) is 0 Å². The highest BCUT2D eigenvalue weighted by Gasteiger charge is 2.14. The normalized spacial score (nSPS) is 17.4. The predicted octanol–water partition coefficient (Wildman–Crippen LogP) is 1.19. The fraction of sp³-hybridized carbons (Fsp3) is 0.550. The van der Waals surface area contributed by atoms with Crippen molar-refractivity contribution < 1.29 is 4.74 Å². The summed E-state index contributed by atoms with van der Waals surface area (Å²) < 4.78 is 9.85. The van der Waals surface area contributed by atoms with E-state index in [1.54, 1.807) is 6.33 Å². The molecule has 1 saturated heterocycles. The standard InChI is InChI=1S/C20H29N9O/c1-2-17-25-24-15-28(17)11-9-21-20(22-13-16-7-4-6-12-30-16)23-14-19-27-26-18-8-3-5-10-29(18)19/h3,5,8,10,15-16H,2,4,6-7,9,11-14H2,1H3,(H2,21,22,23). The Balaban J connectivity index is 1.39. The Kier molecular flexibility index (Phi) is 6.86. The van der Waals surface area contributed by atoms with Gasteiger partial charge in [-0.1, -0.05) is 13.0 Å². The smallest absolute Gasteiger partial charge is 0.191 e. The third-order valence-electron chi connectivity index (χ3n) is 5.19. The van der Waals surface area contributed by atoms with Crippen molar-refractivity contribution >= 4 is 11.6 Å². The molecule has 3 aromatic heterocycles. The molecule has 4 rings (SSSR count). The number of aryl methyl sites for hydroxylation is 1. The lowest BCUT2D eigenvalue weighted by Crippen LogP contribution is -2.43. The SMILES string of the molecule is CCc1nncn1CCNC(=NCc1nnc2ccccn12)NCC1CCCCO1. The number of nitrogens with one attached hydrogen (secondary N) is 2. The minimum Gasteiger partial charge on any atom is -0.376 e. The van der Waals surface area contributed by atoms with Gasteiger partial charge in [0.1, 0.15) is 18.7 Å². The molecule has 1 atom stereocenters. The van der Waals surface area contributed by atoms with Gasteiger partial charge in [-0.05, 0) is 31.4 Å². The molecule has 10 heteroatoms. The van der Waals surface area contributed by atoms with Crippen molar-refractivity contribution in [2.45, 2.75) is 51.8 Å². The molecule has 0 saturated carbocycles. The van der Waals surface area contributed by atoms with E-state index in [0.29, 0.717) is 13.1 Å². The summed E-state index contributed by atoms with van der Waals surface area (Å²) in [5, 5.41) is 23.4. The van der Waals surface area contributed by atoms with Crippen LogP contribution in [0.2, 0.25) is 0 Å². The van der Waals surface area contributed by atoms with Crippen LogP contribution in [0.25, 0.3) is 5.65 Å². The van der Waals surface area contributed by atoms with Gasteiger partial charge in [0.05, 0.1) is 6.10 Å². The zero-order chi connectivity index (χ0) is 20.6. The van der Waals surface area contributed by atoms with Crippen LogP contribution in [0.5, 0.6) is 0 Å². The fourth-order valence-corrected chi connectivity index (χ4v) is 3.54. The molecule has 0 amide bonds. The molecule has 3 aromatic rings. The third kappa shape index (κ3) is 5.12. The Morgan fingerprint density at radius 2 is 2.17 bits per heavy atom. The maximum atomic E-state index is 5.84. The summed E-state index contributed by atoms with van der Waals surface area (Å²) in [6, 6.07) is 5.85. The summed E-state index contributed by atoms with van der Waals surface area (Å²) in [6.07, 6.45) is 8.25. The molecular formula is C20H29N9O. The molecule has 2 N–H and O–H groups in total. The molecule has 0 aromatic carbocycles. The summed E-state index contributed by atoms with van der Waals surface area (Å²) >= 11 is 0. The average Bonchev–Trinajstić information content (AvgIpc) is 3.42. The van der Waals surface area contributed by atoms with E-state index in [-0.39, 0.29) is 6.10 Å². The van der Waals surface area contributed by atoms with Gasteiger partial charge in [0.25, 0.3) is 0 Å². The molecule has 160 valence electrons. The number of aliphatic imine (C=N–C) groups is 1. The van der Waals surface area contributed by atoms with Crippen molar-refractivity contribution in [2.24, 2.45) is 4.99 Å². The van der Waals surface area contributed by atoms with Gasteiger partial charge in [0.15, 0.2) is 17.4 Å². The highest BCUT2D eigenvalue weighted by molar-refractivity contribution is 5.79. The molecular weight excluding hydrogens is 382 g/mol. The second-order valence-corrected chi connectivity index (χ2v) is 7.30. The van der Waals surface area contributed by atoms with E-state index in [1.807, 2.05) is 28.8 Å². The molecule has 0 bridgehead atoms. The number of nitrogens with zero attached hydrogens (tertiary/aromatic N) is 7. The zero-order valence-corrected chi connectivity index (χ0v) is 17.4. The number of fused-ring (bicyclic) bond motifs is 1. The summed E-state index contributed by atoms with van der Waals surface area (Å²) in [5.74, 6) is 2.52. The van der Waals surface area contributed by atoms with Crippen LogP contribution in [0.3, 0.4) is 0 Å². The van der Waals surface area contributed by atoms with Crippen LogP contribution < -0.4 is 10.6 Å². The van der Waals surface area contributed by atoms with E-state index in [2.05, 4.69) is 42.5 Å². The number of pyridine rings is 1. The van der Waals surface area contributed by atoms with Crippen LogP contribution in [-0.4, -0.2) is 61.1 Å². The first-order valence-corrected chi connectivity index (χ1v) is 10.6. The Morgan fingerprint density at radius 1 is 1.20 bits per heavy atom. The number of ether oxygens (including phenoxy) is 1. The second-order valence-electron chi connectivity index (χ2n) is 7.30. The van der Waals surface area contributed by atoms with Crippen LogP contribution in [0, 0.1) is 0 Å². The molecule has 4 heterocycles. The Morgan fingerprint density at radius 3 is 3.03 bits per heavy atom. The third-order valence-corrected chi connectivity index (χ3v) is 5.19. The number of hydrogen-bond acceptors (Lipinski definition) is 6. The van der Waals surface area contributed by atoms with Crippen molar-refractivity contribution in [1.82, 2.24) is 40.0 Å². The van der Waals surface area contributed by atoms with Crippen molar-refractivity contribution in [2.75, 3.05) is 19.7 Å². The summed E-state index contributed by atoms with van der Waals surface area (Å²) in [5.41, 5.74) is 0.820. The van der Waals surface area contributed by atoms with Crippen molar-refractivity contribution in [3.8, 4) is 0 Å². The van der Waals surface area contributed by atoms with E-state index in [1.165, 1.54) is 6.42 Å². The van der Waals surface area contributed by atoms with Gasteiger partial charge in [0, 0.05) is 38.9 Å². The lowest BCUT2D eigenvalue weighted by atomic mass is 10.1. The van der Waals surface area contributed by atoms with E-state index in [4.69, 9.17) is 9.73 Å². The lowest BCUT2D eigenvalue weighted by Gasteiger charge is -2.24. The molecule has 10 nitrogen and oxygen atoms in total. The van der Waals surface area contributed by atoms with E-state index >= 15 is 0 Å². The highest BCUT2D eigenvalue weighted by atomic mass is 16.5. The van der Waals surface area contributed by atoms with Crippen molar-refractivity contribution in [1.29, 1.82) is 0 Å². The van der Waals surface area contributed by atoms with Crippen molar-refractivity contribution in [3.05, 3.63) is 42.4 Å². The first-order chi connectivity index (χ1) is 14.8. The van der Waals surface area contributed by atoms with E-state index < -0.39 is 0 Å². The topological polar surface area (TPSA) is 107 Å². The average molecular weight is 412 g/mol. The van der Waals surface area contributed by atoms with Crippen LogP contribution in [0.1, 0.15) is 37.8 Å². The highest BCUT2D eigenvalue weighted by Crippen LogP contribution is 2.11. The number of rotatable bonds is 8. The van der Waals surface area contributed by atoms with Gasteiger partial charge in [-0.25, -0.2) is 4.99 Å². The zero-order valence-electron chi connectivity index (χ0n) is 17.4. The van der Waals surface area contributed by atoms with Gasteiger partial charge in [-0.3, -0.25) is 4.40 Å². The number of hydrogen-bond donors (Lipinski definition) is 2. The first-order valence-electron chi connectivity index (χ1n) is 10.6. The molecule has 30 heavy (non-hydrogen) atoms. The van der Waals surface area contributed by atoms with Crippen LogP contribution >= 0.6 is 0 Å². The van der Waals surface area contributed by atoms with Crippen LogP contribution in [0.4, 0.5) is 0 Å². The Bertz CT molecular complexity index is 958. The summed E-state index contributed by atoms with van der Waals surface area (Å²) in [7, 11) is 0. The monoisotopic (exact) mass is 411 g/mol. The number of guanidine groups is 1. The molecule has 0 aliphatic carbocycles. The van der Waals surface area contributed by atoms with Gasteiger partial charge in [-0.15, -0.1) is 20.4 Å². The molecule has 1 aliphatic heterocycles. The van der Waals surface area contributed by atoms with Crippen molar-refractivity contribution in [3.63, 3.8) is 0 Å². The summed E-state index contributed by atoms with van der Waals surface area (Å²) in [6.45, 7) is 5.56. The largest absolute Gasteiger partial charge is 0.376 e. The molecule has 1 aliphatic rings. The minimum absolute atomic E-state index is 0.226. The Hall–Kier alpha value is -3.01. The van der Waals surface area contributed by atoms with Crippen LogP contribution in [0.15, 0.2) is 35.7 Å². The second kappa shape index (κ2) is 10.1. The van der Waals surface area contributed by atoms with E-state index in [9.17, 15) is 0 Å². The lowest BCUT2D eigenvalue weighted by molar-refractivity contribution is 0.0194. The minimum atomic E-state index is 0.226. The molecule has 0 radical (unpaired) electrons. The molecule has 0 spiro atoms. The van der Waals surface area contributed by atoms with Gasteiger partial charge >= 0.3 is 0 Å². The summed E-state index contributed by atoms with van der Waals surface area (Å²) in [4.78, 5) is 4.74. The van der Waals surface area contributed by atoms with Gasteiger partial charge < -0.3 is 19.9 Å². The maximum Gasteiger partial charge on any atom is 0.191 e. The molecule has 1 fully saturated rings. The van der Waals surface area contributed by atoms with E-state index in [0.717, 1.165) is 62.2 Å². The van der Waals surface area contributed by atoms with Gasteiger partial charge in [-0.2, -0.15) is 0 Å². The maximum absolute atomic E-state index is 5.84. The van der Waals surface area contributed by atoms with Crippen LogP contribution in [-0.2, 0) is 24.2 Å². The fourth-order valence-electron chi connectivity index (χ4n) is 3.54. The predicted molar refractivity (Wildman–Crippen MR) is 113 cm³/mol. The quantitative estimate of drug-likeness (QED) is 0.423. The Labute approximate surface area is 175 Å². The molecule has 1 unspecified atom stereocenters. The first kappa shape index (κ1) is 20.3. The number of aromatic nitrogens is 6.